The van der Waals surface area contributed by atoms with E-state index in [4.69, 9.17) is 16.3 Å². The van der Waals surface area contributed by atoms with Gasteiger partial charge in [-0.1, -0.05) is 18.2 Å². The molecule has 0 saturated carbocycles. The number of ether oxygens (including phenoxy) is 1. The molecule has 0 saturated heterocycles. The van der Waals surface area contributed by atoms with Crippen LogP contribution in [0.4, 0.5) is 4.39 Å². The highest BCUT2D eigenvalue weighted by atomic mass is 35.5. The summed E-state index contributed by atoms with van der Waals surface area (Å²) in [5.74, 6) is -1.63. The van der Waals surface area contributed by atoms with Crippen LogP contribution in [0.2, 0.25) is 5.02 Å². The summed E-state index contributed by atoms with van der Waals surface area (Å²) in [6.07, 6.45) is 1.60. The second kappa shape index (κ2) is 11.7. The summed E-state index contributed by atoms with van der Waals surface area (Å²) < 4.78 is 18.5. The summed E-state index contributed by atoms with van der Waals surface area (Å²) in [5.41, 5.74) is 0.853. The molecule has 31 heavy (non-hydrogen) atoms. The number of nitrogens with one attached hydrogen (secondary N) is 3. The van der Waals surface area contributed by atoms with Crippen molar-refractivity contribution in [3.8, 4) is 5.75 Å². The predicted molar refractivity (Wildman–Crippen MR) is 113 cm³/mol. The van der Waals surface area contributed by atoms with Crippen LogP contribution < -0.4 is 20.7 Å². The number of rotatable bonds is 10. The second-order valence-electron chi connectivity index (χ2n) is 6.31. The monoisotopic (exact) mass is 448 g/mol. The first-order chi connectivity index (χ1) is 14.8. The number of amides is 3. The lowest BCUT2D eigenvalue weighted by atomic mass is 10.2. The van der Waals surface area contributed by atoms with E-state index in [9.17, 15) is 18.8 Å². The fourth-order valence-corrected chi connectivity index (χ4v) is 2.45. The van der Waals surface area contributed by atoms with Gasteiger partial charge in [0, 0.05) is 37.5 Å². The van der Waals surface area contributed by atoms with Crippen LogP contribution in [-0.2, 0) is 4.79 Å². The lowest BCUT2D eigenvalue weighted by molar-refractivity contribution is -0.123. The molecule has 1 heterocycles. The minimum Gasteiger partial charge on any atom is -0.484 e. The van der Waals surface area contributed by atoms with Crippen molar-refractivity contribution in [1.29, 1.82) is 0 Å². The molecule has 10 heteroatoms. The number of carbonyl (C=O) groups excluding carboxylic acids is 3. The number of halogens is 2. The van der Waals surface area contributed by atoms with Crippen LogP contribution in [0.3, 0.4) is 0 Å². The summed E-state index contributed by atoms with van der Waals surface area (Å²) in [7, 11) is 0. The van der Waals surface area contributed by atoms with E-state index in [2.05, 4.69) is 27.5 Å². The van der Waals surface area contributed by atoms with E-state index < -0.39 is 17.6 Å². The van der Waals surface area contributed by atoms with Crippen molar-refractivity contribution >= 4 is 29.3 Å². The van der Waals surface area contributed by atoms with Crippen LogP contribution in [0, 0.1) is 5.82 Å². The normalized spacial score (nSPS) is 10.2. The summed E-state index contributed by atoms with van der Waals surface area (Å²) in [6, 6.07) is 6.81. The lowest BCUT2D eigenvalue weighted by Crippen LogP contribution is -2.31. The minimum absolute atomic E-state index is 0.0366. The van der Waals surface area contributed by atoms with Crippen molar-refractivity contribution in [2.45, 2.75) is 13.3 Å². The van der Waals surface area contributed by atoms with Gasteiger partial charge in [-0.3, -0.25) is 19.4 Å². The average molecular weight is 449 g/mol. The Bertz CT molecular complexity index is 966. The maximum absolute atomic E-state index is 13.3. The molecule has 0 radical (unpaired) electrons. The Labute approximate surface area is 183 Å². The van der Waals surface area contributed by atoms with E-state index in [1.165, 1.54) is 30.5 Å². The number of hydrogen-bond donors (Lipinski definition) is 3. The highest BCUT2D eigenvalue weighted by Crippen LogP contribution is 2.20. The molecule has 0 aliphatic heterocycles. The molecule has 0 spiro atoms. The number of pyridine rings is 1. The van der Waals surface area contributed by atoms with Crippen molar-refractivity contribution < 1.29 is 23.5 Å². The second-order valence-corrected chi connectivity index (χ2v) is 6.72. The van der Waals surface area contributed by atoms with Gasteiger partial charge in [0.1, 0.15) is 17.3 Å². The molecule has 0 aliphatic carbocycles. The molecule has 2 aromatic rings. The van der Waals surface area contributed by atoms with Crippen LogP contribution in [0.15, 0.2) is 48.8 Å². The number of hydrogen-bond acceptors (Lipinski definition) is 5. The molecule has 3 amide bonds. The third kappa shape index (κ3) is 7.71. The minimum atomic E-state index is -0.639. The molecule has 0 bridgehead atoms. The molecule has 0 fully saturated rings. The Hall–Kier alpha value is -3.46. The maximum Gasteiger partial charge on any atom is 0.273 e. The van der Waals surface area contributed by atoms with Crippen LogP contribution in [0.25, 0.3) is 0 Å². The van der Waals surface area contributed by atoms with Gasteiger partial charge in [-0.2, -0.15) is 0 Å². The van der Waals surface area contributed by atoms with Gasteiger partial charge in [0.25, 0.3) is 17.7 Å². The first-order valence-corrected chi connectivity index (χ1v) is 9.76. The Morgan fingerprint density at radius 1 is 1.16 bits per heavy atom. The SMILES string of the molecule is C=C(CCNC(=O)COc1ccc(Cl)c(F)c1)NC(=O)c1ccc(C(=O)NCC)cn1. The molecular weight excluding hydrogens is 427 g/mol. The molecular formula is C21H22ClFN4O4. The molecule has 8 nitrogen and oxygen atoms in total. The van der Waals surface area contributed by atoms with Crippen LogP contribution in [0.1, 0.15) is 34.2 Å². The lowest BCUT2D eigenvalue weighted by Gasteiger charge is -2.10. The molecule has 2 rings (SSSR count). The number of aromatic nitrogens is 1. The first kappa shape index (κ1) is 23.8. The molecule has 1 aromatic heterocycles. The highest BCUT2D eigenvalue weighted by Gasteiger charge is 2.11. The number of benzene rings is 1. The smallest absolute Gasteiger partial charge is 0.273 e. The topological polar surface area (TPSA) is 109 Å². The van der Waals surface area contributed by atoms with Gasteiger partial charge in [-0.05, 0) is 31.2 Å². The summed E-state index contributed by atoms with van der Waals surface area (Å²) >= 11 is 5.58. The molecule has 0 atom stereocenters. The van der Waals surface area contributed by atoms with E-state index in [1.807, 2.05) is 0 Å². The Morgan fingerprint density at radius 3 is 2.58 bits per heavy atom. The standard InChI is InChI=1S/C21H22ClFN4O4/c1-3-24-20(29)14-4-7-18(26-11-14)21(30)27-13(2)8-9-25-19(28)12-31-15-5-6-16(22)17(23)10-15/h4-7,10-11H,2-3,8-9,12H2,1H3,(H,24,29)(H,25,28)(H,27,30). The van der Waals surface area contributed by atoms with E-state index in [1.54, 1.807) is 6.92 Å². The number of carbonyl (C=O) groups is 3. The van der Waals surface area contributed by atoms with Gasteiger partial charge < -0.3 is 20.7 Å². The Kier molecular flexibility index (Phi) is 8.95. The van der Waals surface area contributed by atoms with Crippen LogP contribution in [-0.4, -0.2) is 42.4 Å². The fourth-order valence-electron chi connectivity index (χ4n) is 2.33. The zero-order chi connectivity index (χ0) is 22.8. The largest absolute Gasteiger partial charge is 0.484 e. The zero-order valence-electron chi connectivity index (χ0n) is 16.8. The third-order valence-corrected chi connectivity index (χ3v) is 4.20. The molecule has 0 unspecified atom stereocenters. The summed E-state index contributed by atoms with van der Waals surface area (Å²) in [5, 5.41) is 7.78. The highest BCUT2D eigenvalue weighted by molar-refractivity contribution is 6.30. The van der Waals surface area contributed by atoms with E-state index in [0.29, 0.717) is 17.8 Å². The van der Waals surface area contributed by atoms with Crippen LogP contribution >= 0.6 is 11.6 Å². The van der Waals surface area contributed by atoms with Crippen molar-refractivity contribution in [1.82, 2.24) is 20.9 Å². The van der Waals surface area contributed by atoms with E-state index >= 15 is 0 Å². The van der Waals surface area contributed by atoms with Crippen LogP contribution in [0.5, 0.6) is 5.75 Å². The van der Waals surface area contributed by atoms with Crippen molar-refractivity contribution in [2.24, 2.45) is 0 Å². The van der Waals surface area contributed by atoms with Gasteiger partial charge in [0.2, 0.25) is 0 Å². The third-order valence-electron chi connectivity index (χ3n) is 3.90. The van der Waals surface area contributed by atoms with Crippen molar-refractivity contribution in [2.75, 3.05) is 19.7 Å². The molecule has 0 aliphatic rings. The Balaban J connectivity index is 1.71. The van der Waals surface area contributed by atoms with E-state index in [0.717, 1.165) is 6.07 Å². The van der Waals surface area contributed by atoms with Crippen molar-refractivity contribution in [3.63, 3.8) is 0 Å². The zero-order valence-corrected chi connectivity index (χ0v) is 17.6. The maximum atomic E-state index is 13.3. The van der Waals surface area contributed by atoms with Gasteiger partial charge in [0.15, 0.2) is 6.61 Å². The van der Waals surface area contributed by atoms with E-state index in [-0.39, 0.29) is 41.9 Å². The first-order valence-electron chi connectivity index (χ1n) is 9.38. The van der Waals surface area contributed by atoms with Gasteiger partial charge in [-0.15, -0.1) is 0 Å². The fraction of sp³-hybridized carbons (Fsp3) is 0.238. The molecule has 164 valence electrons. The summed E-state index contributed by atoms with van der Waals surface area (Å²) in [6.45, 7) is 5.93. The van der Waals surface area contributed by atoms with Gasteiger partial charge in [0.05, 0.1) is 10.6 Å². The molecule has 3 N–H and O–H groups in total. The molecule has 1 aromatic carbocycles. The van der Waals surface area contributed by atoms with Gasteiger partial charge in [-0.25, -0.2) is 4.39 Å². The van der Waals surface area contributed by atoms with Crippen molar-refractivity contribution in [3.05, 3.63) is 70.9 Å². The average Bonchev–Trinajstić information content (AvgIpc) is 2.74. The number of nitrogens with zero attached hydrogens (tertiary/aromatic N) is 1. The predicted octanol–water partition coefficient (Wildman–Crippen LogP) is 2.45. The van der Waals surface area contributed by atoms with Gasteiger partial charge >= 0.3 is 0 Å². The Morgan fingerprint density at radius 2 is 1.94 bits per heavy atom. The summed E-state index contributed by atoms with van der Waals surface area (Å²) in [4.78, 5) is 39.7. The quantitative estimate of drug-likeness (QED) is 0.517.